The highest BCUT2D eigenvalue weighted by atomic mass is 16.2. The number of carbonyl (C=O) groups is 4. The molecule has 3 aliphatic rings. The van der Waals surface area contributed by atoms with Gasteiger partial charge in [0.05, 0.1) is 16.8 Å². The zero-order valence-corrected chi connectivity index (χ0v) is 14.3. The molecule has 0 atom stereocenters. The molecule has 3 aliphatic heterocycles. The minimum Gasteiger partial charge on any atom is -0.335 e. The molecule has 3 fully saturated rings. The largest absolute Gasteiger partial charge is 0.335 e. The van der Waals surface area contributed by atoms with Crippen LogP contribution in [0.1, 0.15) is 16.8 Å². The molecule has 0 radical (unpaired) electrons. The first-order valence-corrected chi connectivity index (χ1v) is 8.43. The number of anilines is 1. The maximum absolute atomic E-state index is 13.0. The van der Waals surface area contributed by atoms with Crippen LogP contribution in [-0.4, -0.2) is 72.4 Å². The number of imide groups is 1. The first-order chi connectivity index (χ1) is 12.4. The zero-order chi connectivity index (χ0) is 18.5. The Balaban J connectivity index is 1.54. The molecule has 3 saturated heterocycles. The number of likely N-dealkylation sites (tertiary alicyclic amines) is 1. The molecule has 6 amide bonds. The molecule has 0 unspecified atom stereocenters. The Kier molecular flexibility index (Phi) is 3.60. The maximum Gasteiger partial charge on any atom is 0.328 e. The molecular weight excluding hydrogens is 338 g/mol. The molecule has 0 aromatic heterocycles. The lowest BCUT2D eigenvalue weighted by Gasteiger charge is -2.50. The van der Waals surface area contributed by atoms with Crippen molar-refractivity contribution in [1.82, 2.24) is 20.4 Å². The van der Waals surface area contributed by atoms with E-state index in [9.17, 15) is 19.2 Å². The summed E-state index contributed by atoms with van der Waals surface area (Å²) in [7, 11) is 1.73. The third-order valence-electron chi connectivity index (χ3n) is 5.32. The molecule has 1 aromatic rings. The Hall–Kier alpha value is -3.10. The fraction of sp³-hybridized carbons (Fsp3) is 0.412. The number of hydrogen-bond acceptors (Lipinski definition) is 4. The van der Waals surface area contributed by atoms with Crippen molar-refractivity contribution in [3.8, 4) is 0 Å². The minimum atomic E-state index is -0.521. The smallest absolute Gasteiger partial charge is 0.328 e. The van der Waals surface area contributed by atoms with Crippen LogP contribution in [0.15, 0.2) is 24.3 Å². The van der Waals surface area contributed by atoms with E-state index in [4.69, 9.17) is 0 Å². The van der Waals surface area contributed by atoms with Gasteiger partial charge in [-0.05, 0) is 12.1 Å². The Morgan fingerprint density at radius 2 is 1.85 bits per heavy atom. The average Bonchev–Trinajstić information content (AvgIpc) is 2.89. The number of nitrogens with zero attached hydrogens (tertiary/aromatic N) is 3. The van der Waals surface area contributed by atoms with E-state index < -0.39 is 6.03 Å². The molecule has 0 aliphatic carbocycles. The molecule has 1 aromatic carbocycles. The first kappa shape index (κ1) is 16.4. The lowest BCUT2D eigenvalue weighted by molar-refractivity contribution is -0.120. The topological polar surface area (TPSA) is 102 Å². The van der Waals surface area contributed by atoms with Crippen molar-refractivity contribution < 1.29 is 19.2 Å². The predicted molar refractivity (Wildman–Crippen MR) is 91.7 cm³/mol. The highest BCUT2D eigenvalue weighted by Gasteiger charge is 2.53. The van der Waals surface area contributed by atoms with Crippen molar-refractivity contribution in [1.29, 1.82) is 0 Å². The second-order valence-electron chi connectivity index (χ2n) is 6.88. The van der Waals surface area contributed by atoms with Crippen LogP contribution >= 0.6 is 0 Å². The fourth-order valence-corrected chi connectivity index (χ4v) is 3.68. The summed E-state index contributed by atoms with van der Waals surface area (Å²) in [5, 5.41) is 5.06. The van der Waals surface area contributed by atoms with Gasteiger partial charge in [0.25, 0.3) is 5.91 Å². The van der Waals surface area contributed by atoms with Gasteiger partial charge in [-0.2, -0.15) is 0 Å². The summed E-state index contributed by atoms with van der Waals surface area (Å²) >= 11 is 0. The van der Waals surface area contributed by atoms with Crippen molar-refractivity contribution in [2.45, 2.75) is 12.0 Å². The van der Waals surface area contributed by atoms with Gasteiger partial charge in [-0.25, -0.2) is 9.59 Å². The van der Waals surface area contributed by atoms with Crippen LogP contribution in [0.3, 0.4) is 0 Å². The zero-order valence-electron chi connectivity index (χ0n) is 14.3. The maximum atomic E-state index is 13.0. The molecule has 136 valence electrons. The molecule has 26 heavy (non-hydrogen) atoms. The number of rotatable bonds is 2. The molecule has 0 bridgehead atoms. The van der Waals surface area contributed by atoms with Gasteiger partial charge in [-0.15, -0.1) is 0 Å². The van der Waals surface area contributed by atoms with Gasteiger partial charge in [-0.1, -0.05) is 12.1 Å². The molecule has 3 heterocycles. The van der Waals surface area contributed by atoms with E-state index in [-0.39, 0.29) is 36.3 Å². The number of para-hydroxylation sites is 1. The van der Waals surface area contributed by atoms with Gasteiger partial charge < -0.3 is 15.1 Å². The fourth-order valence-electron chi connectivity index (χ4n) is 3.68. The summed E-state index contributed by atoms with van der Waals surface area (Å²) in [6.45, 7) is 1.64. The van der Waals surface area contributed by atoms with E-state index in [1.165, 1.54) is 4.90 Å². The predicted octanol–water partition coefficient (Wildman–Crippen LogP) is -0.0175. The third-order valence-corrected chi connectivity index (χ3v) is 5.32. The quantitative estimate of drug-likeness (QED) is 0.777. The molecular formula is C17H19N5O4. The normalized spacial score (nSPS) is 21.6. The number of benzene rings is 1. The van der Waals surface area contributed by atoms with Gasteiger partial charge in [0.15, 0.2) is 0 Å². The lowest BCUT2D eigenvalue weighted by atomic mass is 9.88. The number of nitrogens with one attached hydrogen (secondary N) is 2. The van der Waals surface area contributed by atoms with Crippen LogP contribution < -0.4 is 15.5 Å². The van der Waals surface area contributed by atoms with Gasteiger partial charge in [-0.3, -0.25) is 19.8 Å². The van der Waals surface area contributed by atoms with E-state index in [1.807, 2.05) is 0 Å². The molecule has 1 spiro atoms. The van der Waals surface area contributed by atoms with Gasteiger partial charge in [0.1, 0.15) is 0 Å². The van der Waals surface area contributed by atoms with E-state index in [0.29, 0.717) is 30.9 Å². The van der Waals surface area contributed by atoms with Crippen molar-refractivity contribution >= 4 is 29.6 Å². The Morgan fingerprint density at radius 3 is 2.50 bits per heavy atom. The minimum absolute atomic E-state index is 0.132. The average molecular weight is 357 g/mol. The van der Waals surface area contributed by atoms with Crippen LogP contribution in [0.2, 0.25) is 0 Å². The summed E-state index contributed by atoms with van der Waals surface area (Å²) < 4.78 is 0. The Labute approximate surface area is 149 Å². The Bertz CT molecular complexity index is 817. The number of urea groups is 2. The van der Waals surface area contributed by atoms with E-state index in [0.717, 1.165) is 0 Å². The van der Waals surface area contributed by atoms with E-state index in [2.05, 4.69) is 10.6 Å². The SMILES string of the molecule is CN1C(=O)NCC12CN(C(=O)c1ccccc1N1CCC(=O)NC1=O)C2. The third kappa shape index (κ3) is 2.39. The molecule has 0 saturated carbocycles. The van der Waals surface area contributed by atoms with Crippen molar-refractivity contribution in [2.75, 3.05) is 38.1 Å². The molecule has 9 nitrogen and oxygen atoms in total. The lowest BCUT2D eigenvalue weighted by Crippen LogP contribution is -2.70. The first-order valence-electron chi connectivity index (χ1n) is 8.43. The molecule has 9 heteroatoms. The van der Waals surface area contributed by atoms with E-state index in [1.54, 1.807) is 41.1 Å². The monoisotopic (exact) mass is 357 g/mol. The standard InChI is InChI=1S/C17H19N5O4/c1-20-15(25)18-8-17(20)9-21(10-17)14(24)11-4-2-3-5-12(11)22-7-6-13(23)19-16(22)26/h2-5H,6-10H2,1H3,(H,18,25)(H,19,23,26). The molecule has 4 rings (SSSR count). The van der Waals surface area contributed by atoms with Crippen LogP contribution in [0.4, 0.5) is 15.3 Å². The summed E-state index contributed by atoms with van der Waals surface area (Å²) in [6, 6.07) is 6.21. The van der Waals surface area contributed by atoms with Gasteiger partial charge in [0, 0.05) is 39.6 Å². The van der Waals surface area contributed by atoms with Crippen LogP contribution in [0.5, 0.6) is 0 Å². The van der Waals surface area contributed by atoms with E-state index >= 15 is 0 Å². The van der Waals surface area contributed by atoms with Crippen LogP contribution in [0.25, 0.3) is 0 Å². The highest BCUT2D eigenvalue weighted by molar-refractivity contribution is 6.09. The highest BCUT2D eigenvalue weighted by Crippen LogP contribution is 2.33. The molecule has 2 N–H and O–H groups in total. The summed E-state index contributed by atoms with van der Waals surface area (Å²) in [5.41, 5.74) is 0.542. The number of amides is 6. The van der Waals surface area contributed by atoms with Crippen molar-refractivity contribution in [2.24, 2.45) is 0 Å². The summed E-state index contributed by atoms with van der Waals surface area (Å²) in [5.74, 6) is -0.509. The number of likely N-dealkylation sites (N-methyl/N-ethyl adjacent to an activating group) is 1. The number of hydrogen-bond donors (Lipinski definition) is 2. The van der Waals surface area contributed by atoms with Gasteiger partial charge >= 0.3 is 12.1 Å². The second kappa shape index (κ2) is 5.72. The summed E-state index contributed by atoms with van der Waals surface area (Å²) in [6.07, 6.45) is 0.194. The Morgan fingerprint density at radius 1 is 1.12 bits per heavy atom. The van der Waals surface area contributed by atoms with Crippen molar-refractivity contribution in [3.05, 3.63) is 29.8 Å². The number of carbonyl (C=O) groups excluding carboxylic acids is 4. The second-order valence-corrected chi connectivity index (χ2v) is 6.88. The van der Waals surface area contributed by atoms with Crippen LogP contribution in [0, 0.1) is 0 Å². The van der Waals surface area contributed by atoms with Crippen molar-refractivity contribution in [3.63, 3.8) is 0 Å². The summed E-state index contributed by atoms with van der Waals surface area (Å²) in [4.78, 5) is 52.9. The van der Waals surface area contributed by atoms with Gasteiger partial charge in [0.2, 0.25) is 5.91 Å². The van der Waals surface area contributed by atoms with Crippen LogP contribution in [-0.2, 0) is 4.79 Å².